The van der Waals surface area contributed by atoms with Crippen molar-refractivity contribution in [3.63, 3.8) is 0 Å². The summed E-state index contributed by atoms with van der Waals surface area (Å²) in [5, 5.41) is 16.9. The van der Waals surface area contributed by atoms with E-state index in [1.165, 1.54) is 5.56 Å². The average Bonchev–Trinajstić information content (AvgIpc) is 3.31. The van der Waals surface area contributed by atoms with Crippen LogP contribution >= 0.6 is 0 Å². The fraction of sp³-hybridized carbons (Fsp3) is 0.435. The number of nitrogens with one attached hydrogen (secondary N) is 1. The lowest BCUT2D eigenvalue weighted by atomic mass is 9.82. The molecule has 0 bridgehead atoms. The van der Waals surface area contributed by atoms with Crippen LogP contribution < -0.4 is 10.2 Å². The second kappa shape index (κ2) is 7.40. The van der Waals surface area contributed by atoms with Gasteiger partial charge in [0.2, 0.25) is 5.82 Å². The Hall–Kier alpha value is -2.93. The van der Waals surface area contributed by atoms with E-state index in [9.17, 15) is 9.90 Å². The van der Waals surface area contributed by atoms with Crippen LogP contribution in [0, 0.1) is 6.92 Å². The Morgan fingerprint density at radius 2 is 2.03 bits per heavy atom. The summed E-state index contributed by atoms with van der Waals surface area (Å²) in [4.78, 5) is 19.2. The maximum Gasteiger partial charge on any atom is 0.291 e. The van der Waals surface area contributed by atoms with E-state index in [0.717, 1.165) is 30.8 Å². The first-order valence-corrected chi connectivity index (χ1v) is 10.3. The van der Waals surface area contributed by atoms with Crippen molar-refractivity contribution in [3.8, 4) is 0 Å². The van der Waals surface area contributed by atoms with Crippen molar-refractivity contribution in [2.45, 2.75) is 45.1 Å². The predicted octanol–water partition coefficient (Wildman–Crippen LogP) is 2.71. The average molecular weight is 408 g/mol. The molecule has 1 aromatic carbocycles. The highest BCUT2D eigenvalue weighted by Gasteiger charge is 2.35. The summed E-state index contributed by atoms with van der Waals surface area (Å²) in [5.41, 5.74) is 3.19. The Balaban J connectivity index is 1.57. The zero-order chi connectivity index (χ0) is 21.5. The summed E-state index contributed by atoms with van der Waals surface area (Å²) in [5.74, 6) is -0.283. The third-order valence-corrected chi connectivity index (χ3v) is 5.80. The van der Waals surface area contributed by atoms with Gasteiger partial charge in [-0.25, -0.2) is 9.50 Å². The fourth-order valence-electron chi connectivity index (χ4n) is 4.03. The molecule has 1 aliphatic rings. The Bertz CT molecular complexity index is 1070. The largest absolute Gasteiger partial charge is 0.389 e. The zero-order valence-corrected chi connectivity index (χ0v) is 18.0. The number of carbonyl (C=O) groups excluding carboxylic acids is 1. The van der Waals surface area contributed by atoms with Gasteiger partial charge in [0.25, 0.3) is 5.91 Å². The van der Waals surface area contributed by atoms with E-state index in [1.807, 2.05) is 13.1 Å². The fourth-order valence-corrected chi connectivity index (χ4v) is 4.03. The molecule has 1 fully saturated rings. The van der Waals surface area contributed by atoms with E-state index in [0.29, 0.717) is 5.65 Å². The molecular formula is C23H29N5O2. The summed E-state index contributed by atoms with van der Waals surface area (Å²) in [6.45, 7) is 9.60. The van der Waals surface area contributed by atoms with Gasteiger partial charge in [-0.05, 0) is 44.4 Å². The second-order valence-electron chi connectivity index (χ2n) is 9.18. The number of benzene rings is 1. The summed E-state index contributed by atoms with van der Waals surface area (Å²) in [6.07, 6.45) is 3.02. The number of rotatable bonds is 5. The molecule has 7 nitrogen and oxygen atoms in total. The SMILES string of the molecule is Cc1cc(N2CC[C@](C)(c3ccccc3)C2)cn2nc(C(=O)NCC(C)(C)O)nc12. The number of nitrogens with zero attached hydrogens (tertiary/aromatic N) is 4. The van der Waals surface area contributed by atoms with Crippen molar-refractivity contribution in [2.24, 2.45) is 0 Å². The highest BCUT2D eigenvalue weighted by atomic mass is 16.3. The minimum Gasteiger partial charge on any atom is -0.389 e. The molecular weight excluding hydrogens is 378 g/mol. The number of fused-ring (bicyclic) bond motifs is 1. The molecule has 1 aliphatic heterocycles. The van der Waals surface area contributed by atoms with Crippen molar-refractivity contribution >= 4 is 17.2 Å². The van der Waals surface area contributed by atoms with Gasteiger partial charge in [0.05, 0.1) is 17.5 Å². The number of aryl methyl sites for hydroxylation is 1. The van der Waals surface area contributed by atoms with Gasteiger partial charge in [-0.15, -0.1) is 5.10 Å². The summed E-state index contributed by atoms with van der Waals surface area (Å²) in [6, 6.07) is 12.8. The molecule has 1 amide bonds. The van der Waals surface area contributed by atoms with Crippen LogP contribution in [0.5, 0.6) is 0 Å². The van der Waals surface area contributed by atoms with E-state index in [-0.39, 0.29) is 23.7 Å². The maximum absolute atomic E-state index is 12.4. The van der Waals surface area contributed by atoms with Crippen molar-refractivity contribution < 1.29 is 9.90 Å². The number of hydrogen-bond acceptors (Lipinski definition) is 5. The van der Waals surface area contributed by atoms with E-state index in [1.54, 1.807) is 18.4 Å². The quantitative estimate of drug-likeness (QED) is 0.680. The lowest BCUT2D eigenvalue weighted by molar-refractivity contribution is 0.0689. The number of hydrogen-bond donors (Lipinski definition) is 2. The Kier molecular flexibility index (Phi) is 5.02. The normalized spacial score (nSPS) is 19.4. The molecule has 0 aliphatic carbocycles. The first-order valence-electron chi connectivity index (χ1n) is 10.3. The van der Waals surface area contributed by atoms with E-state index in [4.69, 9.17) is 0 Å². The molecule has 4 rings (SSSR count). The van der Waals surface area contributed by atoms with Crippen molar-refractivity contribution in [2.75, 3.05) is 24.5 Å². The number of amides is 1. The third-order valence-electron chi connectivity index (χ3n) is 5.80. The minimum absolute atomic E-state index is 0.106. The van der Waals surface area contributed by atoms with E-state index < -0.39 is 5.60 Å². The first kappa shape index (κ1) is 20.3. The van der Waals surface area contributed by atoms with Crippen LogP contribution in [-0.2, 0) is 5.41 Å². The van der Waals surface area contributed by atoms with Gasteiger partial charge in [0.15, 0.2) is 5.65 Å². The predicted molar refractivity (Wildman–Crippen MR) is 117 cm³/mol. The number of pyridine rings is 1. The minimum atomic E-state index is -0.987. The molecule has 0 unspecified atom stereocenters. The van der Waals surface area contributed by atoms with Crippen LogP contribution in [0.4, 0.5) is 5.69 Å². The summed E-state index contributed by atoms with van der Waals surface area (Å²) < 4.78 is 1.68. The van der Waals surface area contributed by atoms with Crippen molar-refractivity contribution in [3.05, 3.63) is 59.5 Å². The third kappa shape index (κ3) is 4.03. The van der Waals surface area contributed by atoms with Crippen molar-refractivity contribution in [1.82, 2.24) is 19.9 Å². The van der Waals surface area contributed by atoms with Gasteiger partial charge < -0.3 is 15.3 Å². The lowest BCUT2D eigenvalue weighted by Crippen LogP contribution is -2.38. The van der Waals surface area contributed by atoms with E-state index in [2.05, 4.69) is 63.6 Å². The molecule has 0 saturated carbocycles. The summed E-state index contributed by atoms with van der Waals surface area (Å²) in [7, 11) is 0. The molecule has 7 heteroatoms. The molecule has 2 aromatic heterocycles. The Labute approximate surface area is 176 Å². The first-order chi connectivity index (χ1) is 14.1. The smallest absolute Gasteiger partial charge is 0.291 e. The van der Waals surface area contributed by atoms with Crippen LogP contribution in [0.2, 0.25) is 0 Å². The summed E-state index contributed by atoms with van der Waals surface area (Å²) >= 11 is 0. The van der Waals surface area contributed by atoms with Gasteiger partial charge in [0.1, 0.15) is 0 Å². The van der Waals surface area contributed by atoms with Gasteiger partial charge >= 0.3 is 0 Å². The van der Waals surface area contributed by atoms with Gasteiger partial charge in [-0.3, -0.25) is 4.79 Å². The van der Waals surface area contributed by atoms with Gasteiger partial charge in [-0.2, -0.15) is 0 Å². The number of aliphatic hydroxyl groups is 1. The number of anilines is 1. The molecule has 1 saturated heterocycles. The topological polar surface area (TPSA) is 82.8 Å². The van der Waals surface area contributed by atoms with Crippen LogP contribution in [0.1, 0.15) is 48.9 Å². The standard InChI is InChI=1S/C23H29N5O2/c1-16-12-18(27-11-10-23(4,15-27)17-8-6-5-7-9-17)13-28-20(16)25-19(26-28)21(29)24-14-22(2,3)30/h5-9,12-13,30H,10-11,14-15H2,1-4H3,(H,24,29)/t23-/m0/s1. The molecule has 0 spiro atoms. The maximum atomic E-state index is 12.4. The van der Waals surface area contributed by atoms with Crippen LogP contribution in [0.15, 0.2) is 42.6 Å². The molecule has 1 atom stereocenters. The van der Waals surface area contributed by atoms with Crippen LogP contribution in [0.3, 0.4) is 0 Å². The molecule has 2 N–H and O–H groups in total. The highest BCUT2D eigenvalue weighted by molar-refractivity contribution is 5.91. The van der Waals surface area contributed by atoms with Crippen LogP contribution in [-0.4, -0.2) is 50.8 Å². The van der Waals surface area contributed by atoms with E-state index >= 15 is 0 Å². The molecule has 30 heavy (non-hydrogen) atoms. The monoisotopic (exact) mass is 407 g/mol. The zero-order valence-electron chi connectivity index (χ0n) is 18.0. The molecule has 0 radical (unpaired) electrons. The molecule has 3 heterocycles. The van der Waals surface area contributed by atoms with Gasteiger partial charge in [-0.1, -0.05) is 37.3 Å². The highest BCUT2D eigenvalue weighted by Crippen LogP contribution is 2.36. The second-order valence-corrected chi connectivity index (χ2v) is 9.18. The lowest BCUT2D eigenvalue weighted by Gasteiger charge is -2.26. The van der Waals surface area contributed by atoms with Crippen LogP contribution in [0.25, 0.3) is 5.65 Å². The Morgan fingerprint density at radius 1 is 1.30 bits per heavy atom. The van der Waals surface area contributed by atoms with Gasteiger partial charge in [0, 0.05) is 25.0 Å². The number of carbonyl (C=O) groups is 1. The molecule has 158 valence electrons. The Morgan fingerprint density at radius 3 is 2.73 bits per heavy atom. The van der Waals surface area contributed by atoms with Crippen molar-refractivity contribution in [1.29, 1.82) is 0 Å². The number of aromatic nitrogens is 3. The molecule has 3 aromatic rings.